The van der Waals surface area contributed by atoms with Gasteiger partial charge in [0, 0.05) is 24.3 Å². The van der Waals surface area contributed by atoms with Gasteiger partial charge in [0.05, 0.1) is 0 Å². The van der Waals surface area contributed by atoms with E-state index in [1.165, 1.54) is 13.0 Å². The first-order valence-corrected chi connectivity index (χ1v) is 6.51. The normalized spacial score (nSPS) is 11.3. The topological polar surface area (TPSA) is 98.0 Å². The second kappa shape index (κ2) is 6.40. The van der Waals surface area contributed by atoms with Gasteiger partial charge in [-0.05, 0) is 29.4 Å². The molecule has 2 rings (SSSR count). The van der Waals surface area contributed by atoms with Gasteiger partial charge in [0.2, 0.25) is 5.91 Å². The zero-order valence-corrected chi connectivity index (χ0v) is 12.4. The SMILES string of the molecule is CC(=O)NC(=O)c1cc2cc(Cl)ccc2o/c1=N\OC(C)=O. The third kappa shape index (κ3) is 3.70. The lowest BCUT2D eigenvalue weighted by Crippen LogP contribution is -2.32. The number of carbonyl (C=O) groups excluding carboxylic acids is 3. The van der Waals surface area contributed by atoms with Gasteiger partial charge in [-0.3, -0.25) is 14.9 Å². The molecule has 0 unspecified atom stereocenters. The van der Waals surface area contributed by atoms with Crippen LogP contribution in [0.25, 0.3) is 11.0 Å². The summed E-state index contributed by atoms with van der Waals surface area (Å²) in [6, 6.07) is 6.20. The Kier molecular flexibility index (Phi) is 4.57. The van der Waals surface area contributed by atoms with E-state index in [-0.39, 0.29) is 11.1 Å². The Morgan fingerprint density at radius 2 is 1.95 bits per heavy atom. The van der Waals surface area contributed by atoms with Gasteiger partial charge in [-0.1, -0.05) is 11.6 Å². The van der Waals surface area contributed by atoms with Crippen LogP contribution in [0.2, 0.25) is 5.02 Å². The Hall–Kier alpha value is -2.67. The molecule has 0 saturated carbocycles. The molecule has 0 atom stereocenters. The van der Waals surface area contributed by atoms with Gasteiger partial charge in [-0.15, -0.1) is 0 Å². The van der Waals surface area contributed by atoms with Gasteiger partial charge in [0.1, 0.15) is 11.1 Å². The van der Waals surface area contributed by atoms with Crippen LogP contribution >= 0.6 is 11.6 Å². The fourth-order valence-corrected chi connectivity index (χ4v) is 1.85. The fraction of sp³-hybridized carbons (Fsp3) is 0.143. The van der Waals surface area contributed by atoms with Crippen molar-refractivity contribution in [2.24, 2.45) is 5.16 Å². The quantitative estimate of drug-likeness (QED) is 0.671. The number of imide groups is 1. The molecule has 1 heterocycles. The van der Waals surface area contributed by atoms with Crippen molar-refractivity contribution < 1.29 is 23.6 Å². The third-order valence-corrected chi connectivity index (χ3v) is 2.74. The Bertz CT molecular complexity index is 841. The minimum absolute atomic E-state index is 0.0637. The van der Waals surface area contributed by atoms with Crippen LogP contribution in [-0.4, -0.2) is 17.8 Å². The number of fused-ring (bicyclic) bond motifs is 1. The maximum Gasteiger partial charge on any atom is 0.332 e. The molecule has 114 valence electrons. The second-order valence-corrected chi connectivity index (χ2v) is 4.77. The molecule has 0 aliphatic heterocycles. The van der Waals surface area contributed by atoms with Gasteiger partial charge in [0.15, 0.2) is 0 Å². The predicted octanol–water partition coefficient (Wildman–Crippen LogP) is 1.74. The maximum absolute atomic E-state index is 12.0. The lowest BCUT2D eigenvalue weighted by Gasteiger charge is -2.04. The van der Waals surface area contributed by atoms with Gasteiger partial charge >= 0.3 is 5.97 Å². The van der Waals surface area contributed by atoms with Crippen LogP contribution in [0, 0.1) is 0 Å². The van der Waals surface area contributed by atoms with E-state index in [2.05, 4.69) is 15.3 Å². The number of rotatable bonds is 2. The minimum atomic E-state index is -0.732. The molecule has 8 heteroatoms. The van der Waals surface area contributed by atoms with Gasteiger partial charge in [-0.2, -0.15) is 0 Å². The molecule has 0 fully saturated rings. The number of hydrogen-bond donors (Lipinski definition) is 1. The van der Waals surface area contributed by atoms with Crippen LogP contribution in [0.3, 0.4) is 0 Å². The molecule has 0 saturated heterocycles. The van der Waals surface area contributed by atoms with Crippen molar-refractivity contribution in [3.05, 3.63) is 40.4 Å². The molecule has 2 aromatic rings. The van der Waals surface area contributed by atoms with E-state index in [4.69, 9.17) is 16.0 Å². The number of hydrogen-bond acceptors (Lipinski definition) is 6. The summed E-state index contributed by atoms with van der Waals surface area (Å²) in [5.74, 6) is -1.96. The van der Waals surface area contributed by atoms with Crippen molar-refractivity contribution >= 4 is 40.4 Å². The Morgan fingerprint density at radius 1 is 1.23 bits per heavy atom. The van der Waals surface area contributed by atoms with E-state index < -0.39 is 17.8 Å². The van der Waals surface area contributed by atoms with E-state index in [1.807, 2.05) is 0 Å². The van der Waals surface area contributed by atoms with Crippen molar-refractivity contribution in [1.82, 2.24) is 5.32 Å². The summed E-state index contributed by atoms with van der Waals surface area (Å²) >= 11 is 5.89. The van der Waals surface area contributed by atoms with Gasteiger partial charge in [0.25, 0.3) is 11.5 Å². The highest BCUT2D eigenvalue weighted by molar-refractivity contribution is 6.31. The van der Waals surface area contributed by atoms with Gasteiger partial charge in [-0.25, -0.2) is 4.79 Å². The fourth-order valence-electron chi connectivity index (χ4n) is 1.66. The molecule has 0 aliphatic carbocycles. The van der Waals surface area contributed by atoms with E-state index in [9.17, 15) is 14.4 Å². The largest absolute Gasteiger partial charge is 0.435 e. The Morgan fingerprint density at radius 3 is 2.59 bits per heavy atom. The molecular formula is C14H11ClN2O5. The monoisotopic (exact) mass is 322 g/mol. The molecule has 0 bridgehead atoms. The van der Waals surface area contributed by atoms with E-state index in [1.54, 1.807) is 18.2 Å². The molecule has 7 nitrogen and oxygen atoms in total. The van der Waals surface area contributed by atoms with Crippen LogP contribution in [0.5, 0.6) is 0 Å². The van der Waals surface area contributed by atoms with E-state index >= 15 is 0 Å². The van der Waals surface area contributed by atoms with Crippen LogP contribution in [-0.2, 0) is 14.4 Å². The molecule has 1 aromatic heterocycles. The summed E-state index contributed by atoms with van der Waals surface area (Å²) in [5.41, 5.74) is 0.0877. The summed E-state index contributed by atoms with van der Waals surface area (Å²) in [7, 11) is 0. The number of amides is 2. The van der Waals surface area contributed by atoms with Crippen molar-refractivity contribution in [1.29, 1.82) is 0 Å². The van der Waals surface area contributed by atoms with Crippen molar-refractivity contribution in [3.8, 4) is 0 Å². The molecule has 22 heavy (non-hydrogen) atoms. The number of carbonyl (C=O) groups is 3. The lowest BCUT2D eigenvalue weighted by molar-refractivity contribution is -0.141. The average molecular weight is 323 g/mol. The number of nitrogens with zero attached hydrogens (tertiary/aromatic N) is 1. The highest BCUT2D eigenvalue weighted by Crippen LogP contribution is 2.18. The number of halogens is 1. The summed E-state index contributed by atoms with van der Waals surface area (Å²) < 4.78 is 5.43. The zero-order valence-electron chi connectivity index (χ0n) is 11.7. The number of benzene rings is 1. The zero-order chi connectivity index (χ0) is 16.3. The minimum Gasteiger partial charge on any atom is -0.435 e. The Labute approximate surface area is 129 Å². The van der Waals surface area contributed by atoms with Crippen molar-refractivity contribution in [2.75, 3.05) is 0 Å². The van der Waals surface area contributed by atoms with E-state index in [0.717, 1.165) is 6.92 Å². The molecular weight excluding hydrogens is 312 g/mol. The van der Waals surface area contributed by atoms with Crippen LogP contribution in [0.15, 0.2) is 33.8 Å². The molecule has 0 spiro atoms. The maximum atomic E-state index is 12.0. The first kappa shape index (κ1) is 15.7. The third-order valence-electron chi connectivity index (χ3n) is 2.50. The standard InChI is InChI=1S/C14H11ClN2O5/c1-7(18)16-13(20)11-6-9-5-10(15)3-4-12(9)21-14(11)17-22-8(2)19/h3-6H,1-2H3,(H,16,18,20)/b17-14-. The highest BCUT2D eigenvalue weighted by Gasteiger charge is 2.14. The second-order valence-electron chi connectivity index (χ2n) is 4.33. The Balaban J connectivity index is 2.65. The molecule has 0 radical (unpaired) electrons. The number of nitrogens with one attached hydrogen (secondary N) is 1. The van der Waals surface area contributed by atoms with Crippen LogP contribution in [0.4, 0.5) is 0 Å². The molecule has 2 amide bonds. The summed E-state index contributed by atoms with van der Waals surface area (Å²) in [5, 5.41) is 6.56. The summed E-state index contributed by atoms with van der Waals surface area (Å²) in [6.45, 7) is 2.34. The van der Waals surface area contributed by atoms with E-state index in [0.29, 0.717) is 16.0 Å². The molecule has 0 aliphatic rings. The smallest absolute Gasteiger partial charge is 0.332 e. The molecule has 1 aromatic carbocycles. The molecule has 1 N–H and O–H groups in total. The van der Waals surface area contributed by atoms with Crippen LogP contribution < -0.4 is 10.9 Å². The first-order valence-electron chi connectivity index (χ1n) is 6.14. The first-order chi connectivity index (χ1) is 10.4. The average Bonchev–Trinajstić information content (AvgIpc) is 2.43. The lowest BCUT2D eigenvalue weighted by atomic mass is 10.2. The summed E-state index contributed by atoms with van der Waals surface area (Å²) in [4.78, 5) is 38.4. The predicted molar refractivity (Wildman–Crippen MR) is 76.7 cm³/mol. The highest BCUT2D eigenvalue weighted by atomic mass is 35.5. The van der Waals surface area contributed by atoms with Crippen molar-refractivity contribution in [3.63, 3.8) is 0 Å². The summed E-state index contributed by atoms with van der Waals surface area (Å²) in [6.07, 6.45) is 0. The van der Waals surface area contributed by atoms with Crippen molar-refractivity contribution in [2.45, 2.75) is 13.8 Å². The van der Waals surface area contributed by atoms with Gasteiger partial charge < -0.3 is 9.25 Å². The van der Waals surface area contributed by atoms with Crippen LogP contribution in [0.1, 0.15) is 24.2 Å².